The van der Waals surface area contributed by atoms with E-state index in [9.17, 15) is 9.90 Å². The Morgan fingerprint density at radius 3 is 2.50 bits per heavy atom. The van der Waals surface area contributed by atoms with Crippen LogP contribution in [0.1, 0.15) is 29.5 Å². The van der Waals surface area contributed by atoms with Crippen LogP contribution in [0.25, 0.3) is 5.57 Å². The van der Waals surface area contributed by atoms with Gasteiger partial charge >= 0.3 is 0 Å². The smallest absolute Gasteiger partial charge is 0.282 e. The third-order valence-corrected chi connectivity index (χ3v) is 5.23. The fourth-order valence-corrected chi connectivity index (χ4v) is 3.74. The zero-order valence-electron chi connectivity index (χ0n) is 15.7. The summed E-state index contributed by atoms with van der Waals surface area (Å²) in [7, 11) is 3.12. The predicted molar refractivity (Wildman–Crippen MR) is 95.8 cm³/mol. The van der Waals surface area contributed by atoms with Crippen molar-refractivity contribution < 1.29 is 24.3 Å². The number of hydrogen-bond donors (Lipinski definition) is 1. The fraction of sp³-hybridized carbons (Fsp3) is 0.526. The molecule has 2 aliphatic heterocycles. The first-order valence-electron chi connectivity index (χ1n) is 8.71. The van der Waals surface area contributed by atoms with Crippen LogP contribution in [0.3, 0.4) is 0 Å². The van der Waals surface area contributed by atoms with Gasteiger partial charge in [0.1, 0.15) is 11.3 Å². The highest BCUT2D eigenvalue weighted by Gasteiger charge is 2.55. The van der Waals surface area contributed by atoms with Crippen molar-refractivity contribution in [2.24, 2.45) is 0 Å². The van der Waals surface area contributed by atoms with Gasteiger partial charge in [-0.25, -0.2) is 9.90 Å². The van der Waals surface area contributed by atoms with Gasteiger partial charge in [0.05, 0.1) is 12.7 Å². The van der Waals surface area contributed by atoms with Gasteiger partial charge in [-0.2, -0.15) is 5.06 Å². The predicted octanol–water partition coefficient (Wildman–Crippen LogP) is 2.35. The van der Waals surface area contributed by atoms with E-state index < -0.39 is 5.54 Å². The van der Waals surface area contributed by atoms with Crippen LogP contribution in [0, 0.1) is 13.8 Å². The van der Waals surface area contributed by atoms with Crippen molar-refractivity contribution in [3.63, 3.8) is 0 Å². The quantitative estimate of drug-likeness (QED) is 0.811. The van der Waals surface area contributed by atoms with Gasteiger partial charge in [-0.1, -0.05) is 23.8 Å². The van der Waals surface area contributed by atoms with E-state index in [2.05, 4.69) is 0 Å². The summed E-state index contributed by atoms with van der Waals surface area (Å²) in [6.07, 6.45) is 1.02. The lowest BCUT2D eigenvalue weighted by atomic mass is 9.85. The number of aliphatic hydroxyl groups is 1. The van der Waals surface area contributed by atoms with E-state index in [0.29, 0.717) is 31.5 Å². The van der Waals surface area contributed by atoms with E-state index in [-0.39, 0.29) is 18.5 Å². The molecule has 0 unspecified atom stereocenters. The number of amides is 1. The summed E-state index contributed by atoms with van der Waals surface area (Å²) in [6.45, 7) is 5.00. The monoisotopic (exact) mass is 362 g/mol. The topological polar surface area (TPSA) is 71.5 Å². The first kappa shape index (κ1) is 18.8. The average Bonchev–Trinajstić information content (AvgIpc) is 2.83. The molecular weight excluding hydrogens is 336 g/mol. The molecule has 7 heteroatoms. The standard InChI is InChI=1S/C19H26N2O5/c1-13-5-6-14(2)15(11-13)16-17(22)19(7-9-20(25-4)10-8-19)21(18(16)23)26-12-24-3/h5-6,11,22H,7-10,12H2,1-4H3. The molecule has 142 valence electrons. The number of aryl methyl sites for hydroxylation is 2. The summed E-state index contributed by atoms with van der Waals surface area (Å²) < 4.78 is 5.00. The first-order chi connectivity index (χ1) is 12.4. The molecule has 1 amide bonds. The van der Waals surface area contributed by atoms with Gasteiger partial charge in [0.2, 0.25) is 0 Å². The molecule has 0 aromatic heterocycles. The number of carbonyl (C=O) groups is 1. The molecule has 0 bridgehead atoms. The van der Waals surface area contributed by atoms with Crippen molar-refractivity contribution in [3.8, 4) is 0 Å². The average molecular weight is 362 g/mol. The van der Waals surface area contributed by atoms with Gasteiger partial charge in [-0.3, -0.25) is 4.79 Å². The second kappa shape index (κ2) is 7.36. The molecule has 0 aliphatic carbocycles. The normalized spacial score (nSPS) is 20.5. The van der Waals surface area contributed by atoms with Crippen LogP contribution in [0.4, 0.5) is 0 Å². The van der Waals surface area contributed by atoms with Crippen LogP contribution in [-0.4, -0.2) is 60.8 Å². The number of benzene rings is 1. The minimum atomic E-state index is -0.893. The Morgan fingerprint density at radius 1 is 1.19 bits per heavy atom. The minimum absolute atomic E-state index is 0.0607. The van der Waals surface area contributed by atoms with Gasteiger partial charge < -0.3 is 14.7 Å². The highest BCUT2D eigenvalue weighted by atomic mass is 16.8. The Balaban J connectivity index is 2.06. The second-order valence-electron chi connectivity index (χ2n) is 6.82. The minimum Gasteiger partial charge on any atom is -0.509 e. The maximum atomic E-state index is 13.2. The number of aliphatic hydroxyl groups excluding tert-OH is 1. The summed E-state index contributed by atoms with van der Waals surface area (Å²) in [5, 5.41) is 14.3. The summed E-state index contributed by atoms with van der Waals surface area (Å²) in [4.78, 5) is 24.1. The van der Waals surface area contributed by atoms with Crippen LogP contribution in [0.15, 0.2) is 24.0 Å². The number of piperidine rings is 1. The number of hydroxylamine groups is 4. The summed E-state index contributed by atoms with van der Waals surface area (Å²) in [5.41, 5.74) is 2.12. The second-order valence-corrected chi connectivity index (χ2v) is 6.82. The lowest BCUT2D eigenvalue weighted by Gasteiger charge is -2.42. The van der Waals surface area contributed by atoms with Gasteiger partial charge in [0.25, 0.3) is 5.91 Å². The summed E-state index contributed by atoms with van der Waals surface area (Å²) in [5.74, 6) is -0.262. The van der Waals surface area contributed by atoms with Crippen molar-refractivity contribution in [1.82, 2.24) is 10.1 Å². The van der Waals surface area contributed by atoms with Gasteiger partial charge in [0.15, 0.2) is 6.79 Å². The van der Waals surface area contributed by atoms with Gasteiger partial charge in [0, 0.05) is 20.2 Å². The van der Waals surface area contributed by atoms with Crippen LogP contribution in [0.2, 0.25) is 0 Å². The van der Waals surface area contributed by atoms with Crippen LogP contribution < -0.4 is 0 Å². The molecular formula is C19H26N2O5. The summed E-state index contributed by atoms with van der Waals surface area (Å²) in [6, 6.07) is 5.87. The Labute approximate surface area is 153 Å². The highest BCUT2D eigenvalue weighted by molar-refractivity contribution is 6.23. The lowest BCUT2D eigenvalue weighted by molar-refractivity contribution is -0.259. The van der Waals surface area contributed by atoms with Crippen LogP contribution >= 0.6 is 0 Å². The van der Waals surface area contributed by atoms with Crippen LogP contribution in [-0.2, 0) is 19.2 Å². The maximum absolute atomic E-state index is 13.2. The maximum Gasteiger partial charge on any atom is 0.282 e. The molecule has 7 nitrogen and oxygen atoms in total. The highest BCUT2D eigenvalue weighted by Crippen LogP contribution is 2.45. The molecule has 1 spiro atoms. The molecule has 1 saturated heterocycles. The molecule has 26 heavy (non-hydrogen) atoms. The third-order valence-electron chi connectivity index (χ3n) is 5.23. The molecule has 1 aromatic rings. The molecule has 3 rings (SSSR count). The Hall–Kier alpha value is -1.93. The zero-order chi connectivity index (χ0) is 18.9. The first-order valence-corrected chi connectivity index (χ1v) is 8.71. The van der Waals surface area contributed by atoms with E-state index in [1.807, 2.05) is 37.1 Å². The van der Waals surface area contributed by atoms with Gasteiger partial charge in [-0.05, 0) is 37.8 Å². The van der Waals surface area contributed by atoms with E-state index in [0.717, 1.165) is 16.7 Å². The molecule has 2 heterocycles. The van der Waals surface area contributed by atoms with Crippen molar-refractivity contribution in [2.45, 2.75) is 32.2 Å². The number of ether oxygens (including phenoxy) is 1. The Morgan fingerprint density at radius 2 is 1.88 bits per heavy atom. The molecule has 1 aromatic carbocycles. The van der Waals surface area contributed by atoms with E-state index in [1.165, 1.54) is 12.2 Å². The molecule has 1 fully saturated rings. The number of nitrogens with zero attached hydrogens (tertiary/aromatic N) is 2. The summed E-state index contributed by atoms with van der Waals surface area (Å²) >= 11 is 0. The van der Waals surface area contributed by atoms with Crippen molar-refractivity contribution in [3.05, 3.63) is 40.6 Å². The SMILES string of the molecule is COCON1C(=O)C(c2cc(C)ccc2C)=C(O)C12CCN(OC)CC2. The number of hydrogen-bond acceptors (Lipinski definition) is 6. The van der Waals surface area contributed by atoms with E-state index >= 15 is 0 Å². The molecule has 2 aliphatic rings. The molecule has 0 radical (unpaired) electrons. The number of carbonyl (C=O) groups excluding carboxylic acids is 1. The van der Waals surface area contributed by atoms with Crippen molar-refractivity contribution >= 4 is 11.5 Å². The van der Waals surface area contributed by atoms with E-state index in [1.54, 1.807) is 7.11 Å². The number of methoxy groups -OCH3 is 1. The number of rotatable bonds is 5. The van der Waals surface area contributed by atoms with Crippen molar-refractivity contribution in [2.75, 3.05) is 34.1 Å². The Kier molecular flexibility index (Phi) is 5.34. The molecule has 0 saturated carbocycles. The van der Waals surface area contributed by atoms with E-state index in [4.69, 9.17) is 14.4 Å². The third kappa shape index (κ3) is 3.01. The lowest BCUT2D eigenvalue weighted by Crippen LogP contribution is -2.55. The zero-order valence-corrected chi connectivity index (χ0v) is 15.7. The van der Waals surface area contributed by atoms with Crippen LogP contribution in [0.5, 0.6) is 0 Å². The van der Waals surface area contributed by atoms with Crippen molar-refractivity contribution in [1.29, 1.82) is 0 Å². The fourth-order valence-electron chi connectivity index (χ4n) is 3.74. The molecule has 0 atom stereocenters. The Bertz CT molecular complexity index is 723. The molecule has 1 N–H and O–H groups in total. The van der Waals surface area contributed by atoms with Gasteiger partial charge in [-0.15, -0.1) is 0 Å². The largest absolute Gasteiger partial charge is 0.509 e.